The highest BCUT2D eigenvalue weighted by molar-refractivity contribution is 5.88. The molecular formula is C22H24N2O4. The minimum absolute atomic E-state index is 0.0958. The van der Waals surface area contributed by atoms with Crippen LogP contribution in [0.15, 0.2) is 45.9 Å². The lowest BCUT2D eigenvalue weighted by atomic mass is 10.1. The number of amides is 1. The zero-order valence-electron chi connectivity index (χ0n) is 16.6. The van der Waals surface area contributed by atoms with Gasteiger partial charge in [0, 0.05) is 32.1 Å². The van der Waals surface area contributed by atoms with Crippen molar-refractivity contribution in [3.8, 4) is 5.75 Å². The topological polar surface area (TPSA) is 72.6 Å². The van der Waals surface area contributed by atoms with Crippen molar-refractivity contribution in [1.82, 2.24) is 9.88 Å². The number of carbonyl (C=O) groups excluding carboxylic acids is 1. The number of benzene rings is 1. The molecule has 1 aromatic carbocycles. The van der Waals surface area contributed by atoms with Gasteiger partial charge in [-0.3, -0.25) is 9.78 Å². The summed E-state index contributed by atoms with van der Waals surface area (Å²) in [6, 6.07) is 7.05. The molecule has 6 nitrogen and oxygen atoms in total. The normalized spacial score (nSPS) is 10.9. The van der Waals surface area contributed by atoms with Crippen molar-refractivity contribution in [2.45, 2.75) is 33.7 Å². The predicted molar refractivity (Wildman–Crippen MR) is 108 cm³/mol. The molecule has 0 bridgehead atoms. The number of ether oxygens (including phenoxy) is 1. The molecule has 146 valence electrons. The van der Waals surface area contributed by atoms with Gasteiger partial charge in [-0.05, 0) is 60.7 Å². The van der Waals surface area contributed by atoms with Crippen molar-refractivity contribution in [3.63, 3.8) is 0 Å². The van der Waals surface area contributed by atoms with Crippen LogP contribution in [0.3, 0.4) is 0 Å². The van der Waals surface area contributed by atoms with Gasteiger partial charge in [0.25, 0.3) is 5.91 Å². The maximum absolute atomic E-state index is 12.6. The van der Waals surface area contributed by atoms with E-state index in [2.05, 4.69) is 4.98 Å². The summed E-state index contributed by atoms with van der Waals surface area (Å²) in [5, 5.41) is 0.744. The predicted octanol–water partition coefficient (Wildman–Crippen LogP) is 3.40. The van der Waals surface area contributed by atoms with Crippen LogP contribution in [0, 0.1) is 13.8 Å². The standard InChI is InChI=1S/C22H24N2O4/c1-5-16-10-21(26)28-19-9-14(2)8-18(22(16)19)27-13-20(25)24(4)12-17-6-7-23-11-15(17)3/h6-11H,5,12-13H2,1-4H3. The highest BCUT2D eigenvalue weighted by Crippen LogP contribution is 2.30. The van der Waals surface area contributed by atoms with Gasteiger partial charge in [0.15, 0.2) is 6.61 Å². The van der Waals surface area contributed by atoms with Crippen LogP contribution in [0.4, 0.5) is 0 Å². The summed E-state index contributed by atoms with van der Waals surface area (Å²) >= 11 is 0. The molecule has 0 N–H and O–H groups in total. The molecule has 1 amide bonds. The zero-order chi connectivity index (χ0) is 20.3. The maximum Gasteiger partial charge on any atom is 0.336 e. The Bertz CT molecular complexity index is 1070. The molecule has 0 saturated heterocycles. The molecule has 0 fully saturated rings. The summed E-state index contributed by atoms with van der Waals surface area (Å²) in [7, 11) is 1.75. The molecule has 2 heterocycles. The third kappa shape index (κ3) is 4.22. The van der Waals surface area contributed by atoms with E-state index in [1.54, 1.807) is 24.3 Å². The van der Waals surface area contributed by atoms with Gasteiger partial charge in [0.05, 0.1) is 5.39 Å². The van der Waals surface area contributed by atoms with Crippen LogP contribution >= 0.6 is 0 Å². The van der Waals surface area contributed by atoms with E-state index < -0.39 is 0 Å². The second kappa shape index (κ2) is 8.25. The van der Waals surface area contributed by atoms with E-state index in [9.17, 15) is 9.59 Å². The molecule has 28 heavy (non-hydrogen) atoms. The summed E-state index contributed by atoms with van der Waals surface area (Å²) < 4.78 is 11.2. The van der Waals surface area contributed by atoms with Crippen LogP contribution in [0.2, 0.25) is 0 Å². The summed E-state index contributed by atoms with van der Waals surface area (Å²) in [5.74, 6) is 0.416. The van der Waals surface area contributed by atoms with Crippen LogP contribution in [0.1, 0.15) is 29.2 Å². The molecule has 0 atom stereocenters. The van der Waals surface area contributed by atoms with Gasteiger partial charge in [-0.1, -0.05) is 6.92 Å². The number of hydrogen-bond acceptors (Lipinski definition) is 5. The van der Waals surface area contributed by atoms with Gasteiger partial charge >= 0.3 is 5.63 Å². The van der Waals surface area contributed by atoms with E-state index in [0.717, 1.165) is 27.6 Å². The maximum atomic E-state index is 12.6. The number of hydrogen-bond donors (Lipinski definition) is 0. The first-order chi connectivity index (χ1) is 13.4. The summed E-state index contributed by atoms with van der Waals surface area (Å²) in [6.07, 6.45) is 4.16. The van der Waals surface area contributed by atoms with E-state index in [1.165, 1.54) is 6.07 Å². The largest absolute Gasteiger partial charge is 0.483 e. The molecule has 0 spiro atoms. The van der Waals surface area contributed by atoms with Gasteiger partial charge in [-0.2, -0.15) is 0 Å². The van der Waals surface area contributed by atoms with E-state index in [1.807, 2.05) is 39.0 Å². The molecule has 3 aromatic rings. The van der Waals surface area contributed by atoms with Gasteiger partial charge in [-0.25, -0.2) is 4.79 Å². The van der Waals surface area contributed by atoms with E-state index in [0.29, 0.717) is 24.3 Å². The van der Waals surface area contributed by atoms with Gasteiger partial charge < -0.3 is 14.1 Å². The molecule has 0 aliphatic carbocycles. The molecule has 3 rings (SSSR count). The highest BCUT2D eigenvalue weighted by atomic mass is 16.5. The van der Waals surface area contributed by atoms with Crippen LogP contribution in [0.5, 0.6) is 5.75 Å². The van der Waals surface area contributed by atoms with Crippen molar-refractivity contribution in [2.24, 2.45) is 0 Å². The van der Waals surface area contributed by atoms with Crippen molar-refractivity contribution in [1.29, 1.82) is 0 Å². The lowest BCUT2D eigenvalue weighted by molar-refractivity contribution is -0.132. The average molecular weight is 380 g/mol. The number of fused-ring (bicyclic) bond motifs is 1. The fourth-order valence-corrected chi connectivity index (χ4v) is 3.14. The SMILES string of the molecule is CCc1cc(=O)oc2cc(C)cc(OCC(=O)N(C)Cc3ccncc3C)c12. The number of pyridine rings is 1. The molecule has 0 aliphatic rings. The first-order valence-corrected chi connectivity index (χ1v) is 9.22. The monoisotopic (exact) mass is 380 g/mol. The zero-order valence-corrected chi connectivity index (χ0v) is 16.6. The molecule has 2 aromatic heterocycles. The molecule has 0 unspecified atom stereocenters. The van der Waals surface area contributed by atoms with E-state index >= 15 is 0 Å². The van der Waals surface area contributed by atoms with Crippen LogP contribution in [-0.4, -0.2) is 29.4 Å². The Morgan fingerprint density at radius 2 is 2.00 bits per heavy atom. The van der Waals surface area contributed by atoms with Gasteiger partial charge in [0.1, 0.15) is 11.3 Å². The minimum atomic E-state index is -0.385. The number of nitrogens with zero attached hydrogens (tertiary/aromatic N) is 2. The first kappa shape index (κ1) is 19.6. The van der Waals surface area contributed by atoms with Gasteiger partial charge in [0.2, 0.25) is 0 Å². The van der Waals surface area contributed by atoms with Crippen LogP contribution in [-0.2, 0) is 17.8 Å². The number of rotatable bonds is 6. The Balaban J connectivity index is 1.80. The Hall–Kier alpha value is -3.15. The summed E-state index contributed by atoms with van der Waals surface area (Å²) in [6.45, 7) is 6.22. The highest BCUT2D eigenvalue weighted by Gasteiger charge is 2.15. The summed E-state index contributed by atoms with van der Waals surface area (Å²) in [4.78, 5) is 30.0. The van der Waals surface area contributed by atoms with Crippen molar-refractivity contribution < 1.29 is 13.9 Å². The fraction of sp³-hybridized carbons (Fsp3) is 0.318. The number of carbonyl (C=O) groups is 1. The smallest absolute Gasteiger partial charge is 0.336 e. The second-order valence-corrected chi connectivity index (χ2v) is 6.92. The third-order valence-corrected chi connectivity index (χ3v) is 4.74. The second-order valence-electron chi connectivity index (χ2n) is 6.92. The lowest BCUT2D eigenvalue weighted by Gasteiger charge is -2.19. The average Bonchev–Trinajstić information content (AvgIpc) is 2.66. The number of likely N-dealkylation sites (N-methyl/N-ethyl adjacent to an activating group) is 1. The van der Waals surface area contributed by atoms with Crippen molar-refractivity contribution in [3.05, 3.63) is 69.3 Å². The Morgan fingerprint density at radius 3 is 2.71 bits per heavy atom. The first-order valence-electron chi connectivity index (χ1n) is 9.22. The van der Waals surface area contributed by atoms with Crippen LogP contribution in [0.25, 0.3) is 11.0 Å². The number of aromatic nitrogens is 1. The molecule has 0 saturated carbocycles. The van der Waals surface area contributed by atoms with E-state index in [-0.39, 0.29) is 18.1 Å². The van der Waals surface area contributed by atoms with E-state index in [4.69, 9.17) is 9.15 Å². The van der Waals surface area contributed by atoms with Crippen molar-refractivity contribution >= 4 is 16.9 Å². The Morgan fingerprint density at radius 1 is 1.21 bits per heavy atom. The lowest BCUT2D eigenvalue weighted by Crippen LogP contribution is -2.31. The molecule has 6 heteroatoms. The Kier molecular flexibility index (Phi) is 5.78. The van der Waals surface area contributed by atoms with Gasteiger partial charge in [-0.15, -0.1) is 0 Å². The fourth-order valence-electron chi connectivity index (χ4n) is 3.14. The molecule has 0 aliphatic heterocycles. The number of aryl methyl sites for hydroxylation is 3. The quantitative estimate of drug-likeness (QED) is 0.613. The summed E-state index contributed by atoms with van der Waals surface area (Å²) in [5.41, 5.74) is 3.91. The molecular weight excluding hydrogens is 356 g/mol. The molecule has 0 radical (unpaired) electrons. The minimum Gasteiger partial charge on any atom is -0.483 e. The third-order valence-electron chi connectivity index (χ3n) is 4.74. The van der Waals surface area contributed by atoms with Crippen molar-refractivity contribution in [2.75, 3.05) is 13.7 Å². The Labute approximate surface area is 163 Å². The van der Waals surface area contributed by atoms with Crippen LogP contribution < -0.4 is 10.4 Å².